The predicted molar refractivity (Wildman–Crippen MR) is 73.2 cm³/mol. The second-order valence-corrected chi connectivity index (χ2v) is 4.19. The summed E-state index contributed by atoms with van der Waals surface area (Å²) < 4.78 is 5.63. The molecule has 2 aliphatic heterocycles. The van der Waals surface area contributed by atoms with Gasteiger partial charge in [-0.15, -0.1) is 0 Å². The molecule has 0 radical (unpaired) electrons. The van der Waals surface area contributed by atoms with Crippen molar-refractivity contribution in [2.75, 3.05) is 11.9 Å². The molecule has 4 heteroatoms. The van der Waals surface area contributed by atoms with Gasteiger partial charge in [-0.25, -0.2) is 0 Å². The first-order valence-electron chi connectivity index (χ1n) is 5.88. The van der Waals surface area contributed by atoms with E-state index in [4.69, 9.17) is 4.74 Å². The average molecular weight is 252 g/mol. The summed E-state index contributed by atoms with van der Waals surface area (Å²) in [5.41, 5.74) is 3.51. The number of allylic oxidation sites excluding steroid dienone is 1. The lowest BCUT2D eigenvalue weighted by Gasteiger charge is -2.04. The third-order valence-corrected chi connectivity index (χ3v) is 3.16. The van der Waals surface area contributed by atoms with Crippen molar-refractivity contribution in [3.05, 3.63) is 66.2 Å². The van der Waals surface area contributed by atoms with Gasteiger partial charge in [-0.05, 0) is 17.7 Å². The second kappa shape index (κ2) is 4.24. The fourth-order valence-corrected chi connectivity index (χ4v) is 2.26. The molecule has 0 fully saturated rings. The van der Waals surface area contributed by atoms with Crippen LogP contribution in [0.4, 0.5) is 5.69 Å². The van der Waals surface area contributed by atoms with Crippen molar-refractivity contribution in [3.63, 3.8) is 0 Å². The highest BCUT2D eigenvalue weighted by Gasteiger charge is 2.33. The van der Waals surface area contributed by atoms with E-state index in [2.05, 4.69) is 23.5 Å². The van der Waals surface area contributed by atoms with Crippen molar-refractivity contribution in [1.29, 1.82) is 0 Å². The number of aromatic nitrogens is 1. The summed E-state index contributed by atoms with van der Waals surface area (Å²) in [7, 11) is 0. The molecule has 0 saturated heterocycles. The summed E-state index contributed by atoms with van der Waals surface area (Å²) in [5, 5.41) is 2.78. The zero-order valence-corrected chi connectivity index (χ0v) is 10.3. The van der Waals surface area contributed by atoms with E-state index >= 15 is 0 Å². The molecule has 0 aromatic carbocycles. The zero-order valence-electron chi connectivity index (χ0n) is 10.3. The Morgan fingerprint density at radius 3 is 2.95 bits per heavy atom. The van der Waals surface area contributed by atoms with Crippen molar-refractivity contribution < 1.29 is 9.53 Å². The van der Waals surface area contributed by atoms with E-state index in [0.717, 1.165) is 11.1 Å². The van der Waals surface area contributed by atoms with E-state index in [-0.39, 0.29) is 5.91 Å². The van der Waals surface area contributed by atoms with Crippen molar-refractivity contribution >= 4 is 17.2 Å². The van der Waals surface area contributed by atoms with Crippen LogP contribution in [-0.2, 0) is 9.53 Å². The van der Waals surface area contributed by atoms with Crippen molar-refractivity contribution in [2.24, 2.45) is 0 Å². The van der Waals surface area contributed by atoms with Crippen molar-refractivity contribution in [2.45, 2.75) is 0 Å². The summed E-state index contributed by atoms with van der Waals surface area (Å²) in [6.07, 6.45) is 5.05. The first-order chi connectivity index (χ1) is 9.26. The van der Waals surface area contributed by atoms with E-state index in [0.29, 0.717) is 29.3 Å². The highest BCUT2D eigenvalue weighted by molar-refractivity contribution is 6.31. The Kier molecular flexibility index (Phi) is 2.56. The molecule has 1 N–H and O–H groups in total. The standard InChI is InChI=1S/C15H12N2O2/c1-3-9-8-19-14(10(9)4-2)12-13-11(17-15(12)18)6-5-7-16-13/h3-7H,1-2,8H2,(H,17,18)/b14-12+. The molecule has 1 aromatic rings. The number of hydrogen-bond acceptors (Lipinski definition) is 3. The number of pyridine rings is 1. The fourth-order valence-electron chi connectivity index (χ4n) is 2.26. The summed E-state index contributed by atoms with van der Waals surface area (Å²) in [6, 6.07) is 3.59. The molecule has 0 aliphatic carbocycles. The monoisotopic (exact) mass is 252 g/mol. The van der Waals surface area contributed by atoms with E-state index in [1.807, 2.05) is 6.07 Å². The van der Waals surface area contributed by atoms with Crippen LogP contribution < -0.4 is 5.32 Å². The Labute approximate surface area is 110 Å². The number of nitrogens with zero attached hydrogens (tertiary/aromatic N) is 1. The molecule has 3 heterocycles. The fraction of sp³-hybridized carbons (Fsp3) is 0.0667. The molecule has 0 bridgehead atoms. The maximum Gasteiger partial charge on any atom is 0.261 e. The van der Waals surface area contributed by atoms with Gasteiger partial charge < -0.3 is 10.1 Å². The minimum absolute atomic E-state index is 0.201. The number of fused-ring (bicyclic) bond motifs is 1. The van der Waals surface area contributed by atoms with Gasteiger partial charge in [-0.3, -0.25) is 9.78 Å². The smallest absolute Gasteiger partial charge is 0.261 e. The largest absolute Gasteiger partial charge is 0.487 e. The average Bonchev–Trinajstić information content (AvgIpc) is 2.97. The van der Waals surface area contributed by atoms with Crippen LogP contribution in [0, 0.1) is 0 Å². The Morgan fingerprint density at radius 1 is 1.37 bits per heavy atom. The van der Waals surface area contributed by atoms with E-state index in [9.17, 15) is 4.79 Å². The summed E-state index contributed by atoms with van der Waals surface area (Å²) in [6.45, 7) is 7.91. The van der Waals surface area contributed by atoms with Gasteiger partial charge in [-0.2, -0.15) is 0 Å². The SMILES string of the molecule is C=CC1=C(C=C)/C(=C2\C(=O)Nc3cccnc32)OC1. The van der Waals surface area contributed by atoms with Gasteiger partial charge >= 0.3 is 0 Å². The third-order valence-electron chi connectivity index (χ3n) is 3.16. The molecule has 0 saturated carbocycles. The maximum absolute atomic E-state index is 12.1. The van der Waals surface area contributed by atoms with Gasteiger partial charge in [0.15, 0.2) is 0 Å². The van der Waals surface area contributed by atoms with Crippen LogP contribution in [0.5, 0.6) is 0 Å². The van der Waals surface area contributed by atoms with Gasteiger partial charge in [0.2, 0.25) is 0 Å². The number of ether oxygens (including phenoxy) is 1. The Morgan fingerprint density at radius 2 is 2.21 bits per heavy atom. The lowest BCUT2D eigenvalue weighted by molar-refractivity contribution is -0.110. The molecule has 4 nitrogen and oxygen atoms in total. The molecule has 19 heavy (non-hydrogen) atoms. The number of nitrogens with one attached hydrogen (secondary N) is 1. The van der Waals surface area contributed by atoms with Crippen LogP contribution in [0.3, 0.4) is 0 Å². The van der Waals surface area contributed by atoms with Gasteiger partial charge in [0, 0.05) is 11.8 Å². The molecule has 94 valence electrons. The Hall–Kier alpha value is -2.62. The van der Waals surface area contributed by atoms with E-state index < -0.39 is 0 Å². The van der Waals surface area contributed by atoms with Gasteiger partial charge in [0.1, 0.15) is 23.6 Å². The highest BCUT2D eigenvalue weighted by atomic mass is 16.5. The van der Waals surface area contributed by atoms with Crippen molar-refractivity contribution in [1.82, 2.24) is 4.98 Å². The number of rotatable bonds is 2. The lowest BCUT2D eigenvalue weighted by atomic mass is 10.0. The molecule has 1 amide bonds. The molecule has 3 rings (SSSR count). The molecule has 2 aliphatic rings. The molecular formula is C15H12N2O2. The first-order valence-corrected chi connectivity index (χ1v) is 5.88. The summed E-state index contributed by atoms with van der Waals surface area (Å²) in [4.78, 5) is 16.4. The Balaban J connectivity index is 2.24. The number of carbonyl (C=O) groups excluding carboxylic acids is 1. The van der Waals surface area contributed by atoms with Gasteiger partial charge in [0.25, 0.3) is 5.91 Å². The minimum Gasteiger partial charge on any atom is -0.487 e. The van der Waals surface area contributed by atoms with Gasteiger partial charge in [-0.1, -0.05) is 25.3 Å². The Bertz CT molecular complexity index is 668. The van der Waals surface area contributed by atoms with E-state index in [1.54, 1.807) is 24.4 Å². The molecular weight excluding hydrogens is 240 g/mol. The van der Waals surface area contributed by atoms with Crippen LogP contribution >= 0.6 is 0 Å². The van der Waals surface area contributed by atoms with Crippen LogP contribution in [-0.4, -0.2) is 17.5 Å². The van der Waals surface area contributed by atoms with Crippen molar-refractivity contribution in [3.8, 4) is 0 Å². The second-order valence-electron chi connectivity index (χ2n) is 4.19. The maximum atomic E-state index is 12.1. The summed E-state index contributed by atoms with van der Waals surface area (Å²) >= 11 is 0. The number of anilines is 1. The van der Waals surface area contributed by atoms with Crippen LogP contribution in [0.25, 0.3) is 5.57 Å². The number of hydrogen-bond donors (Lipinski definition) is 1. The van der Waals surface area contributed by atoms with E-state index in [1.165, 1.54) is 0 Å². The minimum atomic E-state index is -0.201. The summed E-state index contributed by atoms with van der Waals surface area (Å²) in [5.74, 6) is 0.327. The molecule has 0 atom stereocenters. The van der Waals surface area contributed by atoms with Crippen LogP contribution in [0.15, 0.2) is 60.5 Å². The zero-order chi connectivity index (χ0) is 13.4. The first kappa shape index (κ1) is 11.5. The third kappa shape index (κ3) is 1.61. The van der Waals surface area contributed by atoms with Crippen LogP contribution in [0.1, 0.15) is 5.69 Å². The molecule has 1 aromatic heterocycles. The molecule has 0 unspecified atom stereocenters. The topological polar surface area (TPSA) is 51.2 Å². The molecule has 0 spiro atoms. The number of amides is 1. The number of carbonyl (C=O) groups is 1. The normalized spacial score (nSPS) is 20.9. The predicted octanol–water partition coefficient (Wildman–Crippen LogP) is 2.44. The quantitative estimate of drug-likeness (QED) is 0.822. The van der Waals surface area contributed by atoms with Gasteiger partial charge in [0.05, 0.1) is 5.69 Å². The lowest BCUT2D eigenvalue weighted by Crippen LogP contribution is -2.07. The van der Waals surface area contributed by atoms with Crippen LogP contribution in [0.2, 0.25) is 0 Å². The highest BCUT2D eigenvalue weighted by Crippen LogP contribution is 2.38.